The lowest BCUT2D eigenvalue weighted by atomic mass is 10.2. The van der Waals surface area contributed by atoms with Crippen LogP contribution >= 0.6 is 0 Å². The first-order valence-electron chi connectivity index (χ1n) is 4.09. The van der Waals surface area contributed by atoms with Gasteiger partial charge < -0.3 is 15.8 Å². The van der Waals surface area contributed by atoms with Crippen LogP contribution in [0.5, 0.6) is 0 Å². The Labute approximate surface area is 85.3 Å². The molecule has 0 saturated carbocycles. The lowest BCUT2D eigenvalue weighted by Gasteiger charge is -1.91. The first-order chi connectivity index (χ1) is 6.93. The van der Waals surface area contributed by atoms with Crippen LogP contribution in [0, 0.1) is 17.0 Å². The molecule has 0 aromatic carbocycles. The molecule has 1 heterocycles. The molecule has 0 unspecified atom stereocenters. The topological polar surface area (TPSA) is 104 Å². The standard InChI is InChI=1S/C8H10N4O3/c1-5-6(3-4-7(9)13)8(12(14)15)10-11(5)2/h3-4H,1-2H3,(H2,9,13). The Bertz CT molecular complexity index is 447. The van der Waals surface area contributed by atoms with Gasteiger partial charge in [0.25, 0.3) is 0 Å². The van der Waals surface area contributed by atoms with Crippen LogP contribution in [-0.2, 0) is 11.8 Å². The van der Waals surface area contributed by atoms with Crippen molar-refractivity contribution in [1.82, 2.24) is 9.78 Å². The highest BCUT2D eigenvalue weighted by Gasteiger charge is 2.21. The molecule has 7 nitrogen and oxygen atoms in total. The normalized spacial score (nSPS) is 10.8. The second kappa shape index (κ2) is 3.91. The Morgan fingerprint density at radius 2 is 2.27 bits per heavy atom. The summed E-state index contributed by atoms with van der Waals surface area (Å²) < 4.78 is 1.37. The highest BCUT2D eigenvalue weighted by molar-refractivity contribution is 5.91. The monoisotopic (exact) mass is 210 g/mol. The Balaban J connectivity index is 3.25. The maximum atomic E-state index is 10.6. The lowest BCUT2D eigenvalue weighted by molar-refractivity contribution is -0.390. The minimum absolute atomic E-state index is 0.285. The average molecular weight is 210 g/mol. The number of nitrogens with zero attached hydrogens (tertiary/aromatic N) is 3. The van der Waals surface area contributed by atoms with Crippen molar-refractivity contribution >= 4 is 17.8 Å². The van der Waals surface area contributed by atoms with Gasteiger partial charge in [0.05, 0.1) is 23.4 Å². The molecule has 0 radical (unpaired) electrons. The molecule has 0 atom stereocenters. The molecular weight excluding hydrogens is 200 g/mol. The van der Waals surface area contributed by atoms with E-state index >= 15 is 0 Å². The van der Waals surface area contributed by atoms with Crippen molar-refractivity contribution in [3.8, 4) is 0 Å². The summed E-state index contributed by atoms with van der Waals surface area (Å²) in [5, 5.41) is 14.3. The number of rotatable bonds is 3. The molecule has 0 fully saturated rings. The van der Waals surface area contributed by atoms with Crippen LogP contribution in [0.4, 0.5) is 5.82 Å². The van der Waals surface area contributed by atoms with Crippen molar-refractivity contribution in [1.29, 1.82) is 0 Å². The fourth-order valence-corrected chi connectivity index (χ4v) is 1.10. The van der Waals surface area contributed by atoms with Crippen molar-refractivity contribution < 1.29 is 9.72 Å². The van der Waals surface area contributed by atoms with Gasteiger partial charge in [0.15, 0.2) is 0 Å². The van der Waals surface area contributed by atoms with Gasteiger partial charge >= 0.3 is 5.82 Å². The maximum absolute atomic E-state index is 10.6. The van der Waals surface area contributed by atoms with Gasteiger partial charge in [-0.2, -0.15) is 4.68 Å². The summed E-state index contributed by atoms with van der Waals surface area (Å²) in [5.74, 6) is -0.944. The molecule has 0 aliphatic carbocycles. The van der Waals surface area contributed by atoms with Crippen molar-refractivity contribution in [3.63, 3.8) is 0 Å². The summed E-state index contributed by atoms with van der Waals surface area (Å²) in [6.45, 7) is 1.67. The number of amides is 1. The van der Waals surface area contributed by atoms with Crippen molar-refractivity contribution in [3.05, 3.63) is 27.4 Å². The molecule has 15 heavy (non-hydrogen) atoms. The van der Waals surface area contributed by atoms with Gasteiger partial charge in [0.2, 0.25) is 5.91 Å². The molecule has 1 amide bonds. The zero-order valence-corrected chi connectivity index (χ0v) is 8.30. The zero-order valence-electron chi connectivity index (χ0n) is 8.30. The number of nitro groups is 1. The Kier molecular flexibility index (Phi) is 2.84. The Morgan fingerprint density at radius 1 is 1.67 bits per heavy atom. The quantitative estimate of drug-likeness (QED) is 0.435. The number of hydrogen-bond acceptors (Lipinski definition) is 4. The number of carbonyl (C=O) groups excluding carboxylic acids is 1. The van der Waals surface area contributed by atoms with Crippen LogP contribution in [0.1, 0.15) is 11.3 Å². The second-order valence-corrected chi connectivity index (χ2v) is 2.94. The van der Waals surface area contributed by atoms with Crippen LogP contribution in [0.2, 0.25) is 0 Å². The minimum atomic E-state index is -0.660. The Hall–Kier alpha value is -2.18. The third-order valence-electron chi connectivity index (χ3n) is 1.95. The first-order valence-corrected chi connectivity index (χ1v) is 4.09. The largest absolute Gasteiger partial charge is 0.397 e. The van der Waals surface area contributed by atoms with Crippen LogP contribution in [0.15, 0.2) is 6.08 Å². The SMILES string of the molecule is Cc1c(C=CC(N)=O)c([N+](=O)[O-])nn1C. The molecule has 0 aliphatic rings. The maximum Gasteiger partial charge on any atom is 0.397 e. The van der Waals surface area contributed by atoms with Crippen molar-refractivity contribution in [2.24, 2.45) is 12.8 Å². The van der Waals surface area contributed by atoms with Gasteiger partial charge in [-0.05, 0) is 17.9 Å². The van der Waals surface area contributed by atoms with Crippen LogP contribution in [0.3, 0.4) is 0 Å². The fourth-order valence-electron chi connectivity index (χ4n) is 1.10. The summed E-state index contributed by atoms with van der Waals surface area (Å²) in [4.78, 5) is 20.5. The molecule has 0 aliphatic heterocycles. The molecule has 80 valence electrons. The molecule has 2 N–H and O–H groups in total. The van der Waals surface area contributed by atoms with E-state index in [1.165, 1.54) is 10.8 Å². The van der Waals surface area contributed by atoms with E-state index in [1.54, 1.807) is 14.0 Å². The summed E-state index contributed by atoms with van der Waals surface area (Å²) in [5.41, 5.74) is 5.79. The number of aromatic nitrogens is 2. The molecule has 0 saturated heterocycles. The van der Waals surface area contributed by atoms with Gasteiger partial charge in [-0.15, -0.1) is 0 Å². The number of aryl methyl sites for hydroxylation is 1. The molecule has 0 spiro atoms. The Morgan fingerprint density at radius 3 is 2.73 bits per heavy atom. The second-order valence-electron chi connectivity index (χ2n) is 2.94. The summed E-state index contributed by atoms with van der Waals surface area (Å²) in [7, 11) is 1.59. The van der Waals surface area contributed by atoms with E-state index in [2.05, 4.69) is 5.10 Å². The first kappa shape index (κ1) is 10.9. The number of nitrogens with two attached hydrogens (primary N) is 1. The van der Waals surface area contributed by atoms with E-state index < -0.39 is 10.8 Å². The highest BCUT2D eigenvalue weighted by Crippen LogP contribution is 2.21. The van der Waals surface area contributed by atoms with Gasteiger partial charge in [-0.1, -0.05) is 0 Å². The van der Waals surface area contributed by atoms with Gasteiger partial charge in [-0.25, -0.2) is 0 Å². The zero-order chi connectivity index (χ0) is 11.6. The molecule has 1 aromatic rings. The van der Waals surface area contributed by atoms with E-state index in [4.69, 9.17) is 5.73 Å². The fraction of sp³-hybridized carbons (Fsp3) is 0.250. The summed E-state index contributed by atoms with van der Waals surface area (Å²) in [6, 6.07) is 0. The number of carbonyl (C=O) groups is 1. The molecular formula is C8H10N4O3. The number of primary amides is 1. The van der Waals surface area contributed by atoms with Gasteiger partial charge in [0, 0.05) is 6.08 Å². The van der Waals surface area contributed by atoms with E-state index in [-0.39, 0.29) is 5.82 Å². The van der Waals surface area contributed by atoms with E-state index in [9.17, 15) is 14.9 Å². The van der Waals surface area contributed by atoms with Crippen LogP contribution in [-0.4, -0.2) is 20.6 Å². The highest BCUT2D eigenvalue weighted by atomic mass is 16.6. The van der Waals surface area contributed by atoms with Crippen LogP contribution < -0.4 is 5.73 Å². The summed E-state index contributed by atoms with van der Waals surface area (Å²) >= 11 is 0. The van der Waals surface area contributed by atoms with Crippen molar-refractivity contribution in [2.75, 3.05) is 0 Å². The van der Waals surface area contributed by atoms with E-state index in [0.29, 0.717) is 11.3 Å². The minimum Gasteiger partial charge on any atom is -0.366 e. The lowest BCUT2D eigenvalue weighted by Crippen LogP contribution is -2.05. The molecule has 0 bridgehead atoms. The molecule has 1 rings (SSSR count). The van der Waals surface area contributed by atoms with E-state index in [1.807, 2.05) is 0 Å². The van der Waals surface area contributed by atoms with E-state index in [0.717, 1.165) is 6.08 Å². The van der Waals surface area contributed by atoms with Gasteiger partial charge in [0.1, 0.15) is 0 Å². The predicted molar refractivity (Wildman–Crippen MR) is 52.8 cm³/mol. The van der Waals surface area contributed by atoms with Crippen LogP contribution in [0.25, 0.3) is 6.08 Å². The molecule has 7 heteroatoms. The number of hydrogen-bond donors (Lipinski definition) is 1. The average Bonchev–Trinajstić information content (AvgIpc) is 2.41. The molecule has 1 aromatic heterocycles. The van der Waals surface area contributed by atoms with Gasteiger partial charge in [-0.3, -0.25) is 4.79 Å². The smallest absolute Gasteiger partial charge is 0.366 e. The van der Waals surface area contributed by atoms with Crippen molar-refractivity contribution in [2.45, 2.75) is 6.92 Å². The third-order valence-corrected chi connectivity index (χ3v) is 1.95. The predicted octanol–water partition coefficient (Wildman–Crippen LogP) is 0.135. The summed E-state index contributed by atoms with van der Waals surface area (Å²) in [6.07, 6.45) is 2.36. The third kappa shape index (κ3) is 2.19.